The van der Waals surface area contributed by atoms with Crippen LogP contribution in [0.3, 0.4) is 0 Å². The van der Waals surface area contributed by atoms with E-state index in [1.54, 1.807) is 7.05 Å². The lowest BCUT2D eigenvalue weighted by molar-refractivity contribution is -0.141. The van der Waals surface area contributed by atoms with Crippen LogP contribution in [0.4, 0.5) is 19.0 Å². The number of hydrogen-bond acceptors (Lipinski definition) is 4. The van der Waals surface area contributed by atoms with E-state index in [1.165, 1.54) is 12.5 Å². The highest BCUT2D eigenvalue weighted by molar-refractivity contribution is 5.51. The first-order valence-corrected chi connectivity index (χ1v) is 5.62. The molecule has 2 heterocycles. The first kappa shape index (κ1) is 13.3. The van der Waals surface area contributed by atoms with Gasteiger partial charge in [0.05, 0.1) is 0 Å². The van der Waals surface area contributed by atoms with E-state index in [0.717, 1.165) is 10.7 Å². The quantitative estimate of drug-likeness (QED) is 0.930. The summed E-state index contributed by atoms with van der Waals surface area (Å²) < 4.78 is 38.7. The van der Waals surface area contributed by atoms with Crippen molar-refractivity contribution in [2.45, 2.75) is 19.5 Å². The van der Waals surface area contributed by atoms with Gasteiger partial charge in [-0.1, -0.05) is 6.92 Å². The van der Waals surface area contributed by atoms with Crippen molar-refractivity contribution < 1.29 is 13.2 Å². The van der Waals surface area contributed by atoms with Crippen LogP contribution in [0, 0.1) is 0 Å². The van der Waals surface area contributed by atoms with Crippen LogP contribution in [0.5, 0.6) is 0 Å². The van der Waals surface area contributed by atoms with Gasteiger partial charge in [0, 0.05) is 18.8 Å². The van der Waals surface area contributed by atoms with Gasteiger partial charge in [-0.15, -0.1) is 0 Å². The minimum Gasteiger partial charge on any atom is -0.373 e. The Morgan fingerprint density at radius 3 is 2.58 bits per heavy atom. The fourth-order valence-corrected chi connectivity index (χ4v) is 1.73. The summed E-state index contributed by atoms with van der Waals surface area (Å²) in [6.45, 7) is 1.87. The van der Waals surface area contributed by atoms with Gasteiger partial charge in [0.15, 0.2) is 11.5 Å². The molecule has 0 radical (unpaired) electrons. The minimum atomic E-state index is -4.46. The molecule has 0 saturated heterocycles. The van der Waals surface area contributed by atoms with E-state index in [9.17, 15) is 13.2 Å². The summed E-state index contributed by atoms with van der Waals surface area (Å²) in [4.78, 5) is 8.03. The molecule has 0 bridgehead atoms. The summed E-state index contributed by atoms with van der Waals surface area (Å²) >= 11 is 0. The van der Waals surface area contributed by atoms with Crippen LogP contribution in [0.2, 0.25) is 0 Å². The summed E-state index contributed by atoms with van der Waals surface area (Å²) in [5, 5.41) is 6.39. The second-order valence-electron chi connectivity index (χ2n) is 3.77. The van der Waals surface area contributed by atoms with E-state index in [1.807, 2.05) is 6.92 Å². The van der Waals surface area contributed by atoms with Crippen LogP contribution in [0.15, 0.2) is 18.6 Å². The SMILES string of the molecule is CCc1c(NC)ncnc1-n1ccc(C(F)(F)F)n1. The summed E-state index contributed by atoms with van der Waals surface area (Å²) in [6, 6.07) is 0.917. The predicted molar refractivity (Wildman–Crippen MR) is 63.1 cm³/mol. The van der Waals surface area contributed by atoms with Crippen molar-refractivity contribution in [1.29, 1.82) is 0 Å². The highest BCUT2D eigenvalue weighted by atomic mass is 19.4. The van der Waals surface area contributed by atoms with Gasteiger partial charge in [-0.3, -0.25) is 0 Å². The number of anilines is 1. The van der Waals surface area contributed by atoms with Gasteiger partial charge < -0.3 is 5.32 Å². The Bertz CT molecular complexity index is 576. The molecule has 0 aliphatic carbocycles. The third kappa shape index (κ3) is 2.51. The molecule has 1 N–H and O–H groups in total. The molecule has 0 amide bonds. The molecule has 8 heteroatoms. The molecular formula is C11H12F3N5. The zero-order valence-electron chi connectivity index (χ0n) is 10.4. The minimum absolute atomic E-state index is 0.345. The van der Waals surface area contributed by atoms with Crippen LogP contribution in [0.1, 0.15) is 18.2 Å². The molecule has 19 heavy (non-hydrogen) atoms. The number of hydrogen-bond donors (Lipinski definition) is 1. The topological polar surface area (TPSA) is 55.6 Å². The second-order valence-corrected chi connectivity index (χ2v) is 3.77. The molecule has 0 spiro atoms. The molecule has 2 aromatic rings. The Hall–Kier alpha value is -2.12. The fraction of sp³-hybridized carbons (Fsp3) is 0.364. The van der Waals surface area contributed by atoms with Crippen LogP contribution in [-0.4, -0.2) is 26.8 Å². The monoisotopic (exact) mass is 271 g/mol. The lowest BCUT2D eigenvalue weighted by atomic mass is 10.2. The molecule has 2 rings (SSSR count). The summed E-state index contributed by atoms with van der Waals surface area (Å²) in [5.74, 6) is 0.925. The average Bonchev–Trinajstić information content (AvgIpc) is 2.86. The van der Waals surface area contributed by atoms with E-state index >= 15 is 0 Å². The highest BCUT2D eigenvalue weighted by Crippen LogP contribution is 2.28. The number of rotatable bonds is 3. The normalized spacial score (nSPS) is 11.6. The van der Waals surface area contributed by atoms with E-state index in [0.29, 0.717) is 23.6 Å². The van der Waals surface area contributed by atoms with Crippen molar-refractivity contribution in [2.75, 3.05) is 12.4 Å². The maximum Gasteiger partial charge on any atom is 0.435 e. The third-order valence-corrected chi connectivity index (χ3v) is 2.61. The van der Waals surface area contributed by atoms with E-state index in [2.05, 4.69) is 20.4 Å². The molecule has 0 saturated carbocycles. The molecule has 5 nitrogen and oxygen atoms in total. The number of nitrogens with zero attached hydrogens (tertiary/aromatic N) is 4. The zero-order chi connectivity index (χ0) is 14.0. The Morgan fingerprint density at radius 1 is 1.32 bits per heavy atom. The summed E-state index contributed by atoms with van der Waals surface area (Å²) in [7, 11) is 1.69. The van der Waals surface area contributed by atoms with Crippen LogP contribution in [0.25, 0.3) is 5.82 Å². The highest BCUT2D eigenvalue weighted by Gasteiger charge is 2.33. The van der Waals surface area contributed by atoms with Crippen LogP contribution >= 0.6 is 0 Å². The maximum absolute atomic E-state index is 12.5. The van der Waals surface area contributed by atoms with Crippen molar-refractivity contribution in [3.8, 4) is 5.82 Å². The molecule has 102 valence electrons. The number of nitrogens with one attached hydrogen (secondary N) is 1. The van der Waals surface area contributed by atoms with Crippen molar-refractivity contribution in [3.05, 3.63) is 29.8 Å². The Kier molecular flexibility index (Phi) is 3.41. The van der Waals surface area contributed by atoms with E-state index in [4.69, 9.17) is 0 Å². The van der Waals surface area contributed by atoms with E-state index < -0.39 is 11.9 Å². The molecule has 0 aliphatic heterocycles. The molecule has 0 fully saturated rings. The molecule has 0 aliphatic rings. The van der Waals surface area contributed by atoms with Crippen molar-refractivity contribution in [2.24, 2.45) is 0 Å². The standard InChI is InChI=1S/C11H12F3N5/c1-3-7-9(15-2)16-6-17-10(7)19-5-4-8(18-19)11(12,13)14/h4-6H,3H2,1-2H3,(H,15,16,17). The van der Waals surface area contributed by atoms with Crippen molar-refractivity contribution in [1.82, 2.24) is 19.7 Å². The van der Waals surface area contributed by atoms with Crippen molar-refractivity contribution >= 4 is 5.82 Å². The van der Waals surface area contributed by atoms with Gasteiger partial charge in [0.25, 0.3) is 0 Å². The first-order valence-electron chi connectivity index (χ1n) is 5.62. The van der Waals surface area contributed by atoms with Gasteiger partial charge >= 0.3 is 6.18 Å². The van der Waals surface area contributed by atoms with Gasteiger partial charge in [-0.25, -0.2) is 14.6 Å². The summed E-state index contributed by atoms with van der Waals surface area (Å²) in [6.07, 6.45) is -1.36. The molecule has 0 aromatic carbocycles. The third-order valence-electron chi connectivity index (χ3n) is 2.61. The smallest absolute Gasteiger partial charge is 0.373 e. The van der Waals surface area contributed by atoms with Crippen LogP contribution in [-0.2, 0) is 12.6 Å². The van der Waals surface area contributed by atoms with Crippen LogP contribution < -0.4 is 5.32 Å². The van der Waals surface area contributed by atoms with Gasteiger partial charge in [-0.2, -0.15) is 18.3 Å². The van der Waals surface area contributed by atoms with Crippen molar-refractivity contribution in [3.63, 3.8) is 0 Å². The number of aromatic nitrogens is 4. The zero-order valence-corrected chi connectivity index (χ0v) is 10.4. The molecular weight excluding hydrogens is 259 g/mol. The molecule has 2 aromatic heterocycles. The van der Waals surface area contributed by atoms with E-state index in [-0.39, 0.29) is 0 Å². The first-order chi connectivity index (χ1) is 8.97. The largest absolute Gasteiger partial charge is 0.435 e. The fourth-order valence-electron chi connectivity index (χ4n) is 1.73. The van der Waals surface area contributed by atoms with Gasteiger partial charge in [-0.05, 0) is 12.5 Å². The lowest BCUT2D eigenvalue weighted by Crippen LogP contribution is -2.10. The predicted octanol–water partition coefficient (Wildman–Crippen LogP) is 2.29. The Labute approximate surface area is 107 Å². The Morgan fingerprint density at radius 2 is 2.05 bits per heavy atom. The molecule has 0 unspecified atom stereocenters. The maximum atomic E-state index is 12.5. The van der Waals surface area contributed by atoms with Gasteiger partial charge in [0.2, 0.25) is 0 Å². The second kappa shape index (κ2) is 4.87. The average molecular weight is 271 g/mol. The lowest BCUT2D eigenvalue weighted by Gasteiger charge is -2.10. The summed E-state index contributed by atoms with van der Waals surface area (Å²) in [5.41, 5.74) is -0.235. The Balaban J connectivity index is 2.50. The number of halogens is 3. The molecule has 0 atom stereocenters. The number of alkyl halides is 3. The van der Waals surface area contributed by atoms with Gasteiger partial charge in [0.1, 0.15) is 12.1 Å².